The number of nitrogens with zero attached hydrogens (tertiary/aromatic N) is 5. The van der Waals surface area contributed by atoms with Gasteiger partial charge in [-0.2, -0.15) is 0 Å². The molecule has 0 fully saturated rings. The van der Waals surface area contributed by atoms with E-state index in [4.69, 9.17) is 11.4 Å². The van der Waals surface area contributed by atoms with Crippen LogP contribution in [0.2, 0.25) is 0 Å². The van der Waals surface area contributed by atoms with Crippen molar-refractivity contribution in [2.45, 2.75) is 13.3 Å². The van der Waals surface area contributed by atoms with Crippen molar-refractivity contribution in [2.75, 3.05) is 7.11 Å². The maximum absolute atomic E-state index is 11.3. The van der Waals surface area contributed by atoms with E-state index in [0.29, 0.717) is 5.82 Å². The van der Waals surface area contributed by atoms with Gasteiger partial charge in [0.25, 0.3) is 0 Å². The van der Waals surface area contributed by atoms with Gasteiger partial charge in [0.2, 0.25) is 0 Å². The molecule has 0 aliphatic heterocycles. The number of hydrogen-bond donors (Lipinski definition) is 1. The topological polar surface area (TPSA) is 128 Å². The van der Waals surface area contributed by atoms with Crippen LogP contribution in [0.3, 0.4) is 0 Å². The summed E-state index contributed by atoms with van der Waals surface area (Å²) in [6.07, 6.45) is 1.30. The Morgan fingerprint density at radius 1 is 1.81 bits per heavy atom. The Bertz CT molecular complexity index is 422. The first kappa shape index (κ1) is 12.0. The second-order valence-corrected chi connectivity index (χ2v) is 2.66. The van der Waals surface area contributed by atoms with Crippen molar-refractivity contribution in [1.82, 2.24) is 9.55 Å². The van der Waals surface area contributed by atoms with Crippen LogP contribution in [0.4, 0.5) is 0 Å². The number of aromatic nitrogens is 2. The average molecular weight is 226 g/mol. The van der Waals surface area contributed by atoms with Crippen LogP contribution in [-0.4, -0.2) is 22.6 Å². The number of ether oxygens (including phenoxy) is 1. The molecular formula is C7H10N6O3. The third kappa shape index (κ3) is 2.48. The normalized spacial score (nSPS) is 9.62. The van der Waals surface area contributed by atoms with Crippen molar-refractivity contribution in [3.8, 4) is 0 Å². The van der Waals surface area contributed by atoms with E-state index < -0.39 is 5.97 Å². The van der Waals surface area contributed by atoms with Gasteiger partial charge >= 0.3 is 5.97 Å². The zero-order valence-electron chi connectivity index (χ0n) is 8.53. The summed E-state index contributed by atoms with van der Waals surface area (Å²) in [6, 6.07) is 0. The van der Waals surface area contributed by atoms with Crippen molar-refractivity contribution in [3.05, 3.63) is 28.2 Å². The molecule has 16 heavy (non-hydrogen) atoms. The molecule has 9 heteroatoms. The summed E-state index contributed by atoms with van der Waals surface area (Å²) in [6.45, 7) is -0.0857. The van der Waals surface area contributed by atoms with Crippen LogP contribution < -0.4 is 5.90 Å². The lowest BCUT2D eigenvalue weighted by atomic mass is 10.5. The molecule has 2 N–H and O–H groups in total. The van der Waals surface area contributed by atoms with Crippen LogP contribution in [0.1, 0.15) is 16.3 Å². The van der Waals surface area contributed by atoms with Gasteiger partial charge in [0.15, 0.2) is 0 Å². The Hall–Kier alpha value is -2.09. The molecule has 0 aliphatic carbocycles. The van der Waals surface area contributed by atoms with E-state index in [0.717, 1.165) is 0 Å². The summed E-state index contributed by atoms with van der Waals surface area (Å²) < 4.78 is 5.90. The Morgan fingerprint density at radius 2 is 2.56 bits per heavy atom. The molecule has 0 radical (unpaired) electrons. The number of hydrogen-bond acceptors (Lipinski definition) is 6. The van der Waals surface area contributed by atoms with Gasteiger partial charge in [0.1, 0.15) is 24.8 Å². The van der Waals surface area contributed by atoms with E-state index in [9.17, 15) is 4.79 Å². The van der Waals surface area contributed by atoms with Gasteiger partial charge in [-0.3, -0.25) is 4.84 Å². The summed E-state index contributed by atoms with van der Waals surface area (Å²) in [7, 11) is 1.24. The highest BCUT2D eigenvalue weighted by atomic mass is 16.6. The Balaban J connectivity index is 3.07. The molecule has 1 aromatic rings. The monoisotopic (exact) mass is 226 g/mol. The molecule has 1 heterocycles. The van der Waals surface area contributed by atoms with Crippen molar-refractivity contribution in [3.63, 3.8) is 0 Å². The van der Waals surface area contributed by atoms with E-state index in [2.05, 4.69) is 24.6 Å². The van der Waals surface area contributed by atoms with E-state index in [1.165, 1.54) is 17.9 Å². The maximum Gasteiger partial charge on any atom is 0.356 e. The highest BCUT2D eigenvalue weighted by Crippen LogP contribution is 2.08. The standard InChI is InChI=1S/C7H10N6O3/c1-15-7(14)5-2-10-6(3-16-9)13(5)4-11-12-8/h2H,3-4,9H2,1H3. The average Bonchev–Trinajstić information content (AvgIpc) is 2.69. The van der Waals surface area contributed by atoms with Crippen LogP contribution in [-0.2, 0) is 22.9 Å². The van der Waals surface area contributed by atoms with Crippen molar-refractivity contribution in [2.24, 2.45) is 11.0 Å². The zero-order valence-corrected chi connectivity index (χ0v) is 8.53. The van der Waals surface area contributed by atoms with Gasteiger partial charge in [-0.05, 0) is 5.53 Å². The van der Waals surface area contributed by atoms with Crippen molar-refractivity contribution in [1.29, 1.82) is 0 Å². The van der Waals surface area contributed by atoms with Gasteiger partial charge in [0, 0.05) is 4.91 Å². The molecule has 0 unspecified atom stereocenters. The summed E-state index contributed by atoms with van der Waals surface area (Å²) in [5.41, 5.74) is 8.39. The first-order valence-corrected chi connectivity index (χ1v) is 4.19. The molecular weight excluding hydrogens is 216 g/mol. The maximum atomic E-state index is 11.3. The van der Waals surface area contributed by atoms with Crippen LogP contribution in [0.15, 0.2) is 11.3 Å². The molecule has 0 atom stereocenters. The summed E-state index contributed by atoms with van der Waals surface area (Å²) >= 11 is 0. The molecule has 0 amide bonds. The predicted octanol–water partition coefficient (Wildman–Crippen LogP) is 0.328. The number of esters is 1. The molecule has 0 spiro atoms. The number of carbonyl (C=O) groups is 1. The molecule has 86 valence electrons. The molecule has 1 rings (SSSR count). The minimum atomic E-state index is -0.580. The molecule has 0 bridgehead atoms. The van der Waals surface area contributed by atoms with E-state index in [1.54, 1.807) is 0 Å². The van der Waals surface area contributed by atoms with Crippen LogP contribution >= 0.6 is 0 Å². The lowest BCUT2D eigenvalue weighted by Crippen LogP contribution is -2.13. The minimum Gasteiger partial charge on any atom is -0.464 e. The third-order valence-electron chi connectivity index (χ3n) is 1.81. The molecule has 0 aromatic carbocycles. The Labute approximate surface area is 90.3 Å². The molecule has 0 saturated heterocycles. The Morgan fingerprint density at radius 3 is 3.12 bits per heavy atom. The number of carbonyl (C=O) groups excluding carboxylic acids is 1. The quantitative estimate of drug-likeness (QED) is 0.254. The van der Waals surface area contributed by atoms with Crippen LogP contribution in [0.5, 0.6) is 0 Å². The fourth-order valence-electron chi connectivity index (χ4n) is 1.12. The fraction of sp³-hybridized carbons (Fsp3) is 0.429. The fourth-order valence-corrected chi connectivity index (χ4v) is 1.12. The molecule has 0 aliphatic rings. The van der Waals surface area contributed by atoms with Crippen LogP contribution in [0, 0.1) is 0 Å². The summed E-state index contributed by atoms with van der Waals surface area (Å²) in [5, 5.41) is 3.33. The van der Waals surface area contributed by atoms with E-state index in [1.807, 2.05) is 0 Å². The SMILES string of the molecule is COC(=O)c1cnc(CON)n1CN=[N+]=[N-]. The predicted molar refractivity (Wildman–Crippen MR) is 51.7 cm³/mol. The van der Waals surface area contributed by atoms with Crippen LogP contribution in [0.25, 0.3) is 10.4 Å². The largest absolute Gasteiger partial charge is 0.464 e. The van der Waals surface area contributed by atoms with Gasteiger partial charge in [-0.25, -0.2) is 15.7 Å². The second kappa shape index (κ2) is 5.71. The number of methoxy groups -OCH3 is 1. The third-order valence-corrected chi connectivity index (χ3v) is 1.81. The number of rotatable bonds is 5. The smallest absolute Gasteiger partial charge is 0.356 e. The highest BCUT2D eigenvalue weighted by molar-refractivity contribution is 5.87. The highest BCUT2D eigenvalue weighted by Gasteiger charge is 2.16. The number of azide groups is 1. The lowest BCUT2D eigenvalue weighted by molar-refractivity contribution is 0.0586. The minimum absolute atomic E-state index is 0.00204. The van der Waals surface area contributed by atoms with E-state index >= 15 is 0 Å². The Kier molecular flexibility index (Phi) is 4.28. The van der Waals surface area contributed by atoms with Crippen molar-refractivity contribution < 1.29 is 14.4 Å². The summed E-state index contributed by atoms with van der Waals surface area (Å²) in [5.74, 6) is 4.69. The number of nitrogens with two attached hydrogens (primary N) is 1. The molecule has 0 saturated carbocycles. The first-order chi connectivity index (χ1) is 7.74. The second-order valence-electron chi connectivity index (χ2n) is 2.66. The van der Waals surface area contributed by atoms with Gasteiger partial charge < -0.3 is 9.30 Å². The van der Waals surface area contributed by atoms with Gasteiger partial charge in [0.05, 0.1) is 13.3 Å². The number of imidazole rings is 1. The summed E-state index contributed by atoms with van der Waals surface area (Å²) in [4.78, 5) is 22.2. The van der Waals surface area contributed by atoms with E-state index in [-0.39, 0.29) is 19.0 Å². The molecule has 9 nitrogen and oxygen atoms in total. The zero-order chi connectivity index (χ0) is 12.0. The van der Waals surface area contributed by atoms with Gasteiger partial charge in [-0.1, -0.05) is 5.11 Å². The van der Waals surface area contributed by atoms with Crippen molar-refractivity contribution >= 4 is 5.97 Å². The molecule has 1 aromatic heterocycles. The first-order valence-electron chi connectivity index (χ1n) is 4.19. The lowest BCUT2D eigenvalue weighted by Gasteiger charge is -2.06. The van der Waals surface area contributed by atoms with Gasteiger partial charge in [-0.15, -0.1) is 0 Å².